The molecule has 0 aliphatic carbocycles. The van der Waals surface area contributed by atoms with E-state index in [1.807, 2.05) is 61.5 Å². The smallest absolute Gasteiger partial charge is 0.0998 e. The first-order chi connectivity index (χ1) is 9.20. The fourth-order valence-electron chi connectivity index (χ4n) is 1.74. The Kier molecular flexibility index (Phi) is 3.94. The van der Waals surface area contributed by atoms with Crippen molar-refractivity contribution >= 4 is 17.3 Å². The van der Waals surface area contributed by atoms with Gasteiger partial charge in [0.25, 0.3) is 0 Å². The van der Waals surface area contributed by atoms with Gasteiger partial charge in [-0.3, -0.25) is 4.98 Å². The Bertz CT molecular complexity index is 605. The van der Waals surface area contributed by atoms with E-state index in [1.165, 1.54) is 0 Å². The van der Waals surface area contributed by atoms with Crippen molar-refractivity contribution in [1.82, 2.24) is 4.98 Å². The van der Waals surface area contributed by atoms with E-state index in [9.17, 15) is 5.26 Å². The van der Waals surface area contributed by atoms with Crippen molar-refractivity contribution in [2.75, 3.05) is 19.0 Å². The summed E-state index contributed by atoms with van der Waals surface area (Å²) in [7, 11) is 4.00. The number of pyridine rings is 1. The van der Waals surface area contributed by atoms with Crippen LogP contribution in [-0.4, -0.2) is 19.1 Å². The van der Waals surface area contributed by atoms with Crippen molar-refractivity contribution in [2.24, 2.45) is 0 Å². The molecule has 0 radical (unpaired) electrons. The number of anilines is 1. The average molecular weight is 249 g/mol. The maximum absolute atomic E-state index is 9.23. The fourth-order valence-corrected chi connectivity index (χ4v) is 1.74. The molecule has 0 N–H and O–H groups in total. The van der Waals surface area contributed by atoms with Crippen molar-refractivity contribution < 1.29 is 0 Å². The Balaban J connectivity index is 2.31. The Morgan fingerprint density at radius 3 is 2.47 bits per heavy atom. The molecule has 0 fully saturated rings. The van der Waals surface area contributed by atoms with Gasteiger partial charge in [0.2, 0.25) is 0 Å². The molecule has 0 atom stereocenters. The number of hydrogen-bond donors (Lipinski definition) is 0. The molecule has 19 heavy (non-hydrogen) atoms. The molecule has 0 amide bonds. The van der Waals surface area contributed by atoms with Crippen LogP contribution < -0.4 is 4.90 Å². The number of hydrogen-bond acceptors (Lipinski definition) is 3. The summed E-state index contributed by atoms with van der Waals surface area (Å²) >= 11 is 0. The van der Waals surface area contributed by atoms with Crippen LogP contribution in [0.3, 0.4) is 0 Å². The minimum absolute atomic E-state index is 0.616. The zero-order valence-electron chi connectivity index (χ0n) is 11.0. The second kappa shape index (κ2) is 5.83. The summed E-state index contributed by atoms with van der Waals surface area (Å²) in [6.07, 6.45) is 5.27. The second-order valence-corrected chi connectivity index (χ2v) is 4.40. The van der Waals surface area contributed by atoms with Crippen LogP contribution in [0.4, 0.5) is 5.69 Å². The Hall–Kier alpha value is -2.60. The van der Waals surface area contributed by atoms with Gasteiger partial charge in [-0.25, -0.2) is 0 Å². The highest BCUT2D eigenvalue weighted by atomic mass is 15.1. The van der Waals surface area contributed by atoms with Gasteiger partial charge in [-0.15, -0.1) is 0 Å². The fraction of sp³-hybridized carbons (Fsp3) is 0.125. The molecule has 0 spiro atoms. The second-order valence-electron chi connectivity index (χ2n) is 4.40. The number of nitriles is 1. The monoisotopic (exact) mass is 249 g/mol. The van der Waals surface area contributed by atoms with Crippen molar-refractivity contribution in [1.29, 1.82) is 5.26 Å². The summed E-state index contributed by atoms with van der Waals surface area (Å²) in [5, 5.41) is 9.23. The first-order valence-electron chi connectivity index (χ1n) is 6.00. The first kappa shape index (κ1) is 12.8. The van der Waals surface area contributed by atoms with E-state index >= 15 is 0 Å². The maximum Gasteiger partial charge on any atom is 0.0998 e. The molecule has 3 nitrogen and oxygen atoms in total. The predicted molar refractivity (Wildman–Crippen MR) is 78.5 cm³/mol. The third-order valence-corrected chi connectivity index (χ3v) is 2.81. The zero-order chi connectivity index (χ0) is 13.7. The van der Waals surface area contributed by atoms with E-state index < -0.39 is 0 Å². The summed E-state index contributed by atoms with van der Waals surface area (Å²) in [5.74, 6) is 0. The SMILES string of the molecule is CN(C)c1ccc(/C=C(\C#N)c2cccnc2)cc1. The van der Waals surface area contributed by atoms with Crippen LogP contribution in [-0.2, 0) is 0 Å². The van der Waals surface area contributed by atoms with Crippen molar-refractivity contribution in [3.05, 3.63) is 59.9 Å². The van der Waals surface area contributed by atoms with E-state index in [2.05, 4.69) is 11.1 Å². The van der Waals surface area contributed by atoms with Gasteiger partial charge < -0.3 is 4.90 Å². The minimum Gasteiger partial charge on any atom is -0.378 e. The molecule has 0 unspecified atom stereocenters. The topological polar surface area (TPSA) is 39.9 Å². The van der Waals surface area contributed by atoms with E-state index in [1.54, 1.807) is 12.4 Å². The van der Waals surface area contributed by atoms with Gasteiger partial charge in [0, 0.05) is 37.7 Å². The lowest BCUT2D eigenvalue weighted by molar-refractivity contribution is 1.13. The van der Waals surface area contributed by atoms with Gasteiger partial charge in [0.1, 0.15) is 0 Å². The molecule has 1 aromatic carbocycles. The number of allylic oxidation sites excluding steroid dienone is 1. The Labute approximate surface area is 113 Å². The van der Waals surface area contributed by atoms with E-state index in [4.69, 9.17) is 0 Å². The molecular weight excluding hydrogens is 234 g/mol. The number of aromatic nitrogens is 1. The molecule has 3 heteroatoms. The lowest BCUT2D eigenvalue weighted by Gasteiger charge is -2.11. The normalized spacial score (nSPS) is 10.9. The summed E-state index contributed by atoms with van der Waals surface area (Å²) in [6, 6.07) is 14.0. The quantitative estimate of drug-likeness (QED) is 0.784. The molecule has 94 valence electrons. The molecule has 2 rings (SSSR count). The van der Waals surface area contributed by atoms with E-state index in [-0.39, 0.29) is 0 Å². The lowest BCUT2D eigenvalue weighted by atomic mass is 10.1. The molecule has 1 heterocycles. The highest BCUT2D eigenvalue weighted by molar-refractivity contribution is 5.89. The third kappa shape index (κ3) is 3.20. The summed E-state index contributed by atoms with van der Waals surface area (Å²) < 4.78 is 0. The van der Waals surface area contributed by atoms with Gasteiger partial charge in [-0.2, -0.15) is 5.26 Å². The van der Waals surface area contributed by atoms with Crippen LogP contribution >= 0.6 is 0 Å². The highest BCUT2D eigenvalue weighted by Crippen LogP contribution is 2.18. The summed E-state index contributed by atoms with van der Waals surface area (Å²) in [6.45, 7) is 0. The molecule has 2 aromatic rings. The van der Waals surface area contributed by atoms with Crippen LogP contribution in [0, 0.1) is 11.3 Å². The minimum atomic E-state index is 0.616. The number of benzene rings is 1. The zero-order valence-corrected chi connectivity index (χ0v) is 11.0. The number of rotatable bonds is 3. The molecule has 0 saturated carbocycles. The average Bonchev–Trinajstić information content (AvgIpc) is 2.46. The Morgan fingerprint density at radius 1 is 1.21 bits per heavy atom. The summed E-state index contributed by atoms with van der Waals surface area (Å²) in [5.41, 5.74) is 3.59. The summed E-state index contributed by atoms with van der Waals surface area (Å²) in [4.78, 5) is 6.08. The van der Waals surface area contributed by atoms with Crippen LogP contribution in [0.2, 0.25) is 0 Å². The van der Waals surface area contributed by atoms with Gasteiger partial charge in [0.15, 0.2) is 0 Å². The van der Waals surface area contributed by atoms with Crippen molar-refractivity contribution in [3.8, 4) is 6.07 Å². The van der Waals surface area contributed by atoms with Gasteiger partial charge >= 0.3 is 0 Å². The van der Waals surface area contributed by atoms with Gasteiger partial charge in [0.05, 0.1) is 11.6 Å². The molecule has 0 aliphatic heterocycles. The number of nitrogens with zero attached hydrogens (tertiary/aromatic N) is 3. The molecule has 1 aromatic heterocycles. The van der Waals surface area contributed by atoms with Crippen LogP contribution in [0.1, 0.15) is 11.1 Å². The Morgan fingerprint density at radius 2 is 1.95 bits per heavy atom. The van der Waals surface area contributed by atoms with Gasteiger partial charge in [-0.05, 0) is 29.8 Å². The predicted octanol–water partition coefficient (Wildman–Crippen LogP) is 3.21. The van der Waals surface area contributed by atoms with E-state index in [0.29, 0.717) is 5.57 Å². The highest BCUT2D eigenvalue weighted by Gasteiger charge is 2.01. The van der Waals surface area contributed by atoms with Crippen molar-refractivity contribution in [3.63, 3.8) is 0 Å². The van der Waals surface area contributed by atoms with Gasteiger partial charge in [-0.1, -0.05) is 18.2 Å². The van der Waals surface area contributed by atoms with Crippen LogP contribution in [0.15, 0.2) is 48.8 Å². The maximum atomic E-state index is 9.23. The lowest BCUT2D eigenvalue weighted by Crippen LogP contribution is -2.07. The van der Waals surface area contributed by atoms with Crippen LogP contribution in [0.25, 0.3) is 11.6 Å². The molecule has 0 bridgehead atoms. The van der Waals surface area contributed by atoms with Crippen LogP contribution in [0.5, 0.6) is 0 Å². The molecule has 0 aliphatic rings. The first-order valence-corrected chi connectivity index (χ1v) is 6.00. The molecular formula is C16H15N3. The standard InChI is InChI=1S/C16H15N3/c1-19(2)16-7-5-13(6-8-16)10-15(11-17)14-4-3-9-18-12-14/h3-10,12H,1-2H3/b15-10+. The third-order valence-electron chi connectivity index (χ3n) is 2.81. The van der Waals surface area contributed by atoms with Crippen molar-refractivity contribution in [2.45, 2.75) is 0 Å². The largest absolute Gasteiger partial charge is 0.378 e. The molecule has 0 saturated heterocycles. The van der Waals surface area contributed by atoms with E-state index in [0.717, 1.165) is 16.8 Å².